The Kier molecular flexibility index (Phi) is 5.81. The molecule has 0 radical (unpaired) electrons. The molecule has 2 aromatic carbocycles. The zero-order chi connectivity index (χ0) is 19.6. The van der Waals surface area contributed by atoms with Crippen LogP contribution in [0.4, 0.5) is 0 Å². The summed E-state index contributed by atoms with van der Waals surface area (Å²) in [7, 11) is -2.89. The Balaban J connectivity index is 1.96. The summed E-state index contributed by atoms with van der Waals surface area (Å²) in [6.45, 7) is 0. The molecule has 1 atom stereocenters. The van der Waals surface area contributed by atoms with E-state index in [2.05, 4.69) is 25.6 Å². The number of nitrogens with zero attached hydrogens (tertiary/aromatic N) is 1. The van der Waals surface area contributed by atoms with Gasteiger partial charge in [-0.15, -0.1) is 0 Å². The van der Waals surface area contributed by atoms with Crippen molar-refractivity contribution in [1.82, 2.24) is 9.71 Å². The smallest absolute Gasteiger partial charge is 0.267 e. The molecular formula is C18H14BrClN2O4S. The van der Waals surface area contributed by atoms with Crippen molar-refractivity contribution >= 4 is 54.4 Å². The first kappa shape index (κ1) is 19.8. The summed E-state index contributed by atoms with van der Waals surface area (Å²) < 4.78 is 33.7. The summed E-state index contributed by atoms with van der Waals surface area (Å²) in [6, 6.07) is 13.0. The minimum absolute atomic E-state index is 0.176. The molecule has 140 valence electrons. The Morgan fingerprint density at radius 3 is 2.59 bits per heavy atom. The van der Waals surface area contributed by atoms with Crippen molar-refractivity contribution in [2.45, 2.75) is 11.0 Å². The molecule has 1 amide bonds. The summed E-state index contributed by atoms with van der Waals surface area (Å²) in [4.78, 5) is 16.5. The van der Waals surface area contributed by atoms with Crippen molar-refractivity contribution < 1.29 is 17.9 Å². The van der Waals surface area contributed by atoms with Crippen LogP contribution in [0.5, 0.6) is 0 Å². The van der Waals surface area contributed by atoms with Gasteiger partial charge in [-0.25, -0.2) is 13.1 Å². The van der Waals surface area contributed by atoms with Crippen LogP contribution in [-0.2, 0) is 19.6 Å². The van der Waals surface area contributed by atoms with Crippen LogP contribution in [0.15, 0.2) is 64.1 Å². The molecule has 9 heteroatoms. The first-order valence-electron chi connectivity index (χ1n) is 7.71. The molecule has 6 nitrogen and oxygen atoms in total. The van der Waals surface area contributed by atoms with Gasteiger partial charge in [0.25, 0.3) is 15.9 Å². The Labute approximate surface area is 169 Å². The Morgan fingerprint density at radius 1 is 1.22 bits per heavy atom. The number of rotatable bonds is 5. The van der Waals surface area contributed by atoms with E-state index in [1.165, 1.54) is 19.4 Å². The first-order valence-corrected chi connectivity index (χ1v) is 10.4. The maximum atomic E-state index is 12.8. The van der Waals surface area contributed by atoms with Gasteiger partial charge in [-0.3, -0.25) is 9.78 Å². The molecule has 0 saturated carbocycles. The van der Waals surface area contributed by atoms with Gasteiger partial charge in [0, 0.05) is 28.2 Å². The number of hydrogen-bond acceptors (Lipinski definition) is 5. The van der Waals surface area contributed by atoms with E-state index in [0.717, 1.165) is 4.47 Å². The summed E-state index contributed by atoms with van der Waals surface area (Å²) in [6.07, 6.45) is 0.378. The van der Waals surface area contributed by atoms with Crippen LogP contribution in [0.3, 0.4) is 0 Å². The number of methoxy groups -OCH3 is 1. The number of pyridine rings is 1. The van der Waals surface area contributed by atoms with E-state index in [4.69, 9.17) is 16.3 Å². The fourth-order valence-corrected chi connectivity index (χ4v) is 4.35. The number of hydrogen-bond donors (Lipinski definition) is 1. The lowest BCUT2D eigenvalue weighted by molar-refractivity contribution is -0.129. The Bertz CT molecular complexity index is 1100. The molecule has 3 rings (SSSR count). The van der Waals surface area contributed by atoms with E-state index in [0.29, 0.717) is 10.9 Å². The highest BCUT2D eigenvalue weighted by Crippen LogP contribution is 2.27. The molecule has 1 N–H and O–H groups in total. The van der Waals surface area contributed by atoms with Gasteiger partial charge in [-0.2, -0.15) is 0 Å². The number of sulfonamides is 1. The minimum Gasteiger partial charge on any atom is -0.367 e. The number of aromatic nitrogens is 1. The SMILES string of the molecule is COC(C(=O)NS(=O)(=O)c1cc(Cl)cc2cccnc12)c1ccc(Br)cc1. The molecule has 0 saturated heterocycles. The molecule has 0 aliphatic heterocycles. The summed E-state index contributed by atoms with van der Waals surface area (Å²) >= 11 is 9.34. The monoisotopic (exact) mass is 468 g/mol. The number of amides is 1. The highest BCUT2D eigenvalue weighted by molar-refractivity contribution is 9.10. The molecule has 0 aliphatic carbocycles. The second-order valence-electron chi connectivity index (χ2n) is 5.62. The standard InChI is InChI=1S/C18H14BrClN2O4S/c1-26-17(11-4-6-13(19)7-5-11)18(23)22-27(24,25)15-10-14(20)9-12-3-2-8-21-16(12)15/h2-10,17H,1H3,(H,22,23). The molecule has 1 aromatic heterocycles. The van der Waals surface area contributed by atoms with E-state index in [1.54, 1.807) is 42.5 Å². The third kappa shape index (κ3) is 4.30. The number of halogens is 2. The molecule has 0 aliphatic rings. The molecule has 27 heavy (non-hydrogen) atoms. The van der Waals surface area contributed by atoms with E-state index >= 15 is 0 Å². The largest absolute Gasteiger partial charge is 0.367 e. The summed E-state index contributed by atoms with van der Waals surface area (Å²) in [5.41, 5.74) is 0.738. The van der Waals surface area contributed by atoms with Crippen LogP contribution >= 0.6 is 27.5 Å². The molecular weight excluding hydrogens is 456 g/mol. The second-order valence-corrected chi connectivity index (χ2v) is 8.62. The lowest BCUT2D eigenvalue weighted by Gasteiger charge is -2.16. The maximum Gasteiger partial charge on any atom is 0.267 e. The molecule has 0 bridgehead atoms. The van der Waals surface area contributed by atoms with Gasteiger partial charge in [-0.1, -0.05) is 45.7 Å². The zero-order valence-corrected chi connectivity index (χ0v) is 17.2. The maximum absolute atomic E-state index is 12.8. The number of carbonyl (C=O) groups excluding carboxylic acids is 1. The van der Waals surface area contributed by atoms with Gasteiger partial charge in [0.15, 0.2) is 6.10 Å². The molecule has 1 heterocycles. The Morgan fingerprint density at radius 2 is 1.93 bits per heavy atom. The van der Waals surface area contributed by atoms with Crippen molar-refractivity contribution in [2.24, 2.45) is 0 Å². The van der Waals surface area contributed by atoms with Crippen LogP contribution in [0, 0.1) is 0 Å². The van der Waals surface area contributed by atoms with Gasteiger partial charge in [0.05, 0.1) is 5.52 Å². The van der Waals surface area contributed by atoms with Crippen LogP contribution in [0.25, 0.3) is 10.9 Å². The number of carbonyl (C=O) groups is 1. The lowest BCUT2D eigenvalue weighted by Crippen LogP contribution is -2.35. The van der Waals surface area contributed by atoms with E-state index in [9.17, 15) is 13.2 Å². The van der Waals surface area contributed by atoms with Crippen molar-refractivity contribution in [3.63, 3.8) is 0 Å². The molecule has 1 unspecified atom stereocenters. The molecule has 0 spiro atoms. The van der Waals surface area contributed by atoms with Gasteiger partial charge in [0.2, 0.25) is 0 Å². The highest BCUT2D eigenvalue weighted by Gasteiger charge is 2.27. The number of ether oxygens (including phenoxy) is 1. The van der Waals surface area contributed by atoms with E-state index in [1.807, 2.05) is 0 Å². The van der Waals surface area contributed by atoms with Crippen molar-refractivity contribution in [2.75, 3.05) is 7.11 Å². The van der Waals surface area contributed by atoms with Crippen LogP contribution in [0.1, 0.15) is 11.7 Å². The number of nitrogens with one attached hydrogen (secondary N) is 1. The second kappa shape index (κ2) is 7.93. The van der Waals surface area contributed by atoms with Gasteiger partial charge in [-0.05, 0) is 35.9 Å². The third-order valence-corrected chi connectivity index (χ3v) is 5.91. The average molecular weight is 470 g/mol. The normalized spacial score (nSPS) is 12.7. The van der Waals surface area contributed by atoms with Gasteiger partial charge in [0.1, 0.15) is 4.90 Å². The summed E-state index contributed by atoms with van der Waals surface area (Å²) in [5, 5.41) is 0.772. The van der Waals surface area contributed by atoms with Crippen LogP contribution < -0.4 is 4.72 Å². The average Bonchev–Trinajstić information content (AvgIpc) is 2.62. The molecule has 0 fully saturated rings. The van der Waals surface area contributed by atoms with Crippen molar-refractivity contribution in [1.29, 1.82) is 0 Å². The van der Waals surface area contributed by atoms with Crippen LogP contribution in [-0.4, -0.2) is 26.4 Å². The van der Waals surface area contributed by atoms with Gasteiger partial charge >= 0.3 is 0 Å². The Hall–Kier alpha value is -2.00. The molecule has 3 aromatic rings. The van der Waals surface area contributed by atoms with Crippen molar-refractivity contribution in [3.8, 4) is 0 Å². The highest BCUT2D eigenvalue weighted by atomic mass is 79.9. The first-order chi connectivity index (χ1) is 12.8. The van der Waals surface area contributed by atoms with E-state index < -0.39 is 22.0 Å². The third-order valence-electron chi connectivity index (χ3n) is 3.81. The fraction of sp³-hybridized carbons (Fsp3) is 0.111. The van der Waals surface area contributed by atoms with Crippen LogP contribution in [0.2, 0.25) is 5.02 Å². The zero-order valence-electron chi connectivity index (χ0n) is 14.0. The predicted molar refractivity (Wildman–Crippen MR) is 106 cm³/mol. The van der Waals surface area contributed by atoms with Crippen molar-refractivity contribution in [3.05, 3.63) is 69.8 Å². The predicted octanol–water partition coefficient (Wildman–Crippen LogP) is 3.84. The number of benzene rings is 2. The van der Waals surface area contributed by atoms with Gasteiger partial charge < -0.3 is 4.74 Å². The number of fused-ring (bicyclic) bond motifs is 1. The topological polar surface area (TPSA) is 85.4 Å². The quantitative estimate of drug-likeness (QED) is 0.613. The van der Waals surface area contributed by atoms with E-state index in [-0.39, 0.29) is 15.4 Å². The minimum atomic E-state index is -4.22. The summed E-state index contributed by atoms with van der Waals surface area (Å²) in [5.74, 6) is -0.816. The lowest BCUT2D eigenvalue weighted by atomic mass is 10.1. The fourth-order valence-electron chi connectivity index (χ4n) is 2.60.